The second-order valence-corrected chi connectivity index (χ2v) is 3.74. The number of aliphatic carboxylic acids is 1. The highest BCUT2D eigenvalue weighted by Crippen LogP contribution is 1.95. The van der Waals surface area contributed by atoms with Crippen molar-refractivity contribution in [3.05, 3.63) is 0 Å². The van der Waals surface area contributed by atoms with E-state index in [4.69, 9.17) is 15.6 Å². The summed E-state index contributed by atoms with van der Waals surface area (Å²) in [5.41, 5.74) is 5.39. The number of nitrogens with one attached hydrogen (secondary N) is 1. The first-order valence-electron chi connectivity index (χ1n) is 5.36. The zero-order valence-electron chi connectivity index (χ0n) is 10.5. The van der Waals surface area contributed by atoms with Crippen LogP contribution in [-0.2, 0) is 19.1 Å². The first-order chi connectivity index (χ1) is 8.38. The van der Waals surface area contributed by atoms with Crippen LogP contribution < -0.4 is 11.1 Å². The van der Waals surface area contributed by atoms with E-state index in [1.165, 1.54) is 14.2 Å². The smallest absolute Gasteiger partial charge is 0.305 e. The van der Waals surface area contributed by atoms with Crippen LogP contribution in [-0.4, -0.2) is 67.7 Å². The zero-order chi connectivity index (χ0) is 14.1. The lowest BCUT2D eigenvalue weighted by molar-refractivity contribution is -0.142. The number of carboxylic acids is 1. The lowest BCUT2D eigenvalue weighted by atomic mass is 10.2. The van der Waals surface area contributed by atoms with E-state index in [0.29, 0.717) is 13.2 Å². The van der Waals surface area contributed by atoms with Crippen LogP contribution in [0.1, 0.15) is 6.42 Å². The van der Waals surface area contributed by atoms with Crippen LogP contribution in [0, 0.1) is 0 Å². The fraction of sp³-hybridized carbons (Fsp3) is 0.700. The number of hydrogen-bond donors (Lipinski definition) is 3. The maximum atomic E-state index is 11.6. The molecule has 18 heavy (non-hydrogen) atoms. The molecule has 0 radical (unpaired) electrons. The largest absolute Gasteiger partial charge is 0.481 e. The predicted molar refractivity (Wildman–Crippen MR) is 62.8 cm³/mol. The lowest BCUT2D eigenvalue weighted by Gasteiger charge is -2.19. The van der Waals surface area contributed by atoms with Crippen molar-refractivity contribution >= 4 is 17.8 Å². The van der Waals surface area contributed by atoms with E-state index in [-0.39, 0.29) is 12.5 Å². The van der Waals surface area contributed by atoms with Gasteiger partial charge in [0.05, 0.1) is 25.6 Å². The van der Waals surface area contributed by atoms with Crippen LogP contribution in [0.5, 0.6) is 0 Å². The molecule has 0 heterocycles. The number of carbonyl (C=O) groups is 3. The predicted octanol–water partition coefficient (Wildman–Crippen LogP) is -1.99. The minimum atomic E-state index is -1.16. The molecule has 0 spiro atoms. The summed E-state index contributed by atoms with van der Waals surface area (Å²) in [6, 6.07) is -1.14. The van der Waals surface area contributed by atoms with Crippen molar-refractivity contribution in [3.63, 3.8) is 0 Å². The number of likely N-dealkylation sites (N-methyl/N-ethyl adjacent to an activating group) is 1. The van der Waals surface area contributed by atoms with Gasteiger partial charge < -0.3 is 25.8 Å². The maximum absolute atomic E-state index is 11.6. The fourth-order valence-corrected chi connectivity index (χ4v) is 1.20. The molecule has 0 rings (SSSR count). The highest BCUT2D eigenvalue weighted by atomic mass is 16.5. The van der Waals surface area contributed by atoms with Gasteiger partial charge in [-0.3, -0.25) is 14.4 Å². The number of ether oxygens (including phenoxy) is 1. The topological polar surface area (TPSA) is 122 Å². The average Bonchev–Trinajstić information content (AvgIpc) is 2.27. The SMILES string of the molecule is COCCNC(=O)CN(C)C(=O)C(N)CC(=O)O. The summed E-state index contributed by atoms with van der Waals surface area (Å²) in [6.07, 6.45) is -0.464. The Balaban J connectivity index is 4.06. The molecule has 1 unspecified atom stereocenters. The molecular formula is C10H19N3O5. The molecule has 0 aliphatic rings. The van der Waals surface area contributed by atoms with E-state index in [2.05, 4.69) is 5.32 Å². The number of methoxy groups -OCH3 is 1. The van der Waals surface area contributed by atoms with E-state index in [1.807, 2.05) is 0 Å². The van der Waals surface area contributed by atoms with Gasteiger partial charge in [-0.25, -0.2) is 0 Å². The third kappa shape index (κ3) is 6.81. The van der Waals surface area contributed by atoms with Gasteiger partial charge in [-0.1, -0.05) is 0 Å². The van der Waals surface area contributed by atoms with Crippen molar-refractivity contribution in [2.45, 2.75) is 12.5 Å². The molecule has 4 N–H and O–H groups in total. The Labute approximate surface area is 105 Å². The lowest BCUT2D eigenvalue weighted by Crippen LogP contribution is -2.47. The zero-order valence-corrected chi connectivity index (χ0v) is 10.5. The molecule has 0 aromatic rings. The number of nitrogens with zero attached hydrogens (tertiary/aromatic N) is 1. The molecule has 8 nitrogen and oxygen atoms in total. The Hall–Kier alpha value is -1.67. The number of carboxylic acid groups (broad SMARTS) is 1. The highest BCUT2D eigenvalue weighted by Gasteiger charge is 2.21. The van der Waals surface area contributed by atoms with Gasteiger partial charge in [0, 0.05) is 20.7 Å². The summed E-state index contributed by atoms with van der Waals surface area (Å²) in [4.78, 5) is 34.4. The molecule has 2 amide bonds. The van der Waals surface area contributed by atoms with Crippen molar-refractivity contribution in [2.24, 2.45) is 5.73 Å². The van der Waals surface area contributed by atoms with Gasteiger partial charge in [0.2, 0.25) is 11.8 Å². The van der Waals surface area contributed by atoms with Gasteiger partial charge in [0.15, 0.2) is 0 Å². The minimum Gasteiger partial charge on any atom is -0.481 e. The second kappa shape index (κ2) is 8.43. The van der Waals surface area contributed by atoms with Crippen molar-refractivity contribution in [3.8, 4) is 0 Å². The molecule has 0 aliphatic heterocycles. The Morgan fingerprint density at radius 2 is 2.06 bits per heavy atom. The first kappa shape index (κ1) is 16.3. The van der Waals surface area contributed by atoms with E-state index in [0.717, 1.165) is 4.90 Å². The second-order valence-electron chi connectivity index (χ2n) is 3.74. The highest BCUT2D eigenvalue weighted by molar-refractivity contribution is 5.89. The summed E-state index contributed by atoms with van der Waals surface area (Å²) >= 11 is 0. The molecule has 0 saturated carbocycles. The normalized spacial score (nSPS) is 11.7. The first-order valence-corrected chi connectivity index (χ1v) is 5.36. The molecular weight excluding hydrogens is 242 g/mol. The third-order valence-electron chi connectivity index (χ3n) is 2.10. The Morgan fingerprint density at radius 1 is 1.44 bits per heavy atom. The van der Waals surface area contributed by atoms with E-state index >= 15 is 0 Å². The number of carbonyl (C=O) groups excluding carboxylic acids is 2. The van der Waals surface area contributed by atoms with Crippen molar-refractivity contribution in [2.75, 3.05) is 33.9 Å². The molecule has 0 fully saturated rings. The molecule has 0 aliphatic carbocycles. The van der Waals surface area contributed by atoms with Gasteiger partial charge in [-0.05, 0) is 0 Å². The van der Waals surface area contributed by atoms with E-state index in [1.54, 1.807) is 0 Å². The number of nitrogens with two attached hydrogens (primary N) is 1. The standard InChI is InChI=1S/C10H19N3O5/c1-13(6-8(14)12-3-4-18-2)10(17)7(11)5-9(15)16/h7H,3-6,11H2,1-2H3,(H,12,14)(H,15,16). The van der Waals surface area contributed by atoms with Crippen molar-refractivity contribution in [1.82, 2.24) is 10.2 Å². The number of hydrogen-bond acceptors (Lipinski definition) is 5. The monoisotopic (exact) mass is 261 g/mol. The van der Waals surface area contributed by atoms with Crippen LogP contribution in [0.4, 0.5) is 0 Å². The number of amides is 2. The van der Waals surface area contributed by atoms with Crippen LogP contribution in [0.3, 0.4) is 0 Å². The van der Waals surface area contributed by atoms with Crippen LogP contribution in [0.25, 0.3) is 0 Å². The molecule has 0 aromatic carbocycles. The molecule has 8 heteroatoms. The Bertz CT molecular complexity index is 308. The van der Waals surface area contributed by atoms with Crippen LogP contribution in [0.15, 0.2) is 0 Å². The van der Waals surface area contributed by atoms with Gasteiger partial charge in [-0.15, -0.1) is 0 Å². The van der Waals surface area contributed by atoms with Crippen LogP contribution >= 0.6 is 0 Å². The minimum absolute atomic E-state index is 0.171. The van der Waals surface area contributed by atoms with Gasteiger partial charge in [0.1, 0.15) is 0 Å². The third-order valence-corrected chi connectivity index (χ3v) is 2.10. The molecule has 0 saturated heterocycles. The van der Waals surface area contributed by atoms with Gasteiger partial charge in [-0.2, -0.15) is 0 Å². The molecule has 0 bridgehead atoms. The van der Waals surface area contributed by atoms with E-state index in [9.17, 15) is 14.4 Å². The fourth-order valence-electron chi connectivity index (χ4n) is 1.20. The van der Waals surface area contributed by atoms with Gasteiger partial charge >= 0.3 is 5.97 Å². The molecule has 0 aromatic heterocycles. The van der Waals surface area contributed by atoms with Crippen molar-refractivity contribution < 1.29 is 24.2 Å². The summed E-state index contributed by atoms with van der Waals surface area (Å²) in [5.74, 6) is -2.10. The molecule has 1 atom stereocenters. The van der Waals surface area contributed by atoms with E-state index < -0.39 is 24.3 Å². The number of rotatable bonds is 8. The summed E-state index contributed by atoms with van der Waals surface area (Å²) in [7, 11) is 2.90. The summed E-state index contributed by atoms with van der Waals surface area (Å²) in [5, 5.41) is 11.0. The van der Waals surface area contributed by atoms with Crippen molar-refractivity contribution in [1.29, 1.82) is 0 Å². The summed E-state index contributed by atoms with van der Waals surface area (Å²) < 4.78 is 4.75. The van der Waals surface area contributed by atoms with Gasteiger partial charge in [0.25, 0.3) is 0 Å². The quantitative estimate of drug-likeness (QED) is 0.435. The average molecular weight is 261 g/mol. The Kier molecular flexibility index (Phi) is 7.64. The maximum Gasteiger partial charge on any atom is 0.305 e. The Morgan fingerprint density at radius 3 is 2.56 bits per heavy atom. The summed E-state index contributed by atoms with van der Waals surface area (Å²) in [6.45, 7) is 0.552. The van der Waals surface area contributed by atoms with Crippen LogP contribution in [0.2, 0.25) is 0 Å². The molecule has 104 valence electrons.